The largest absolute Gasteiger partial charge is 0.300 e. The molecule has 6 heteroatoms. The monoisotopic (exact) mass is 406 g/mol. The molecule has 0 amide bonds. The zero-order valence-corrected chi connectivity index (χ0v) is 16.0. The predicted octanol–water partition coefficient (Wildman–Crippen LogP) is 5.50. The van der Waals surface area contributed by atoms with Gasteiger partial charge in [0.15, 0.2) is 0 Å². The zero-order valence-electron chi connectivity index (χ0n) is 12.8. The maximum atomic E-state index is 11.2. The number of hydrogen-bond donors (Lipinski definition) is 0. The summed E-state index contributed by atoms with van der Waals surface area (Å²) in [6.45, 7) is 3.74. The first-order chi connectivity index (χ1) is 11.1. The first-order valence-corrected chi connectivity index (χ1v) is 9.78. The number of hydrogen-bond acceptors (Lipinski definition) is 5. The summed E-state index contributed by atoms with van der Waals surface area (Å²) >= 11 is 6.80. The van der Waals surface area contributed by atoms with Crippen LogP contribution in [0.15, 0.2) is 40.1 Å². The molecule has 0 N–H and O–H groups in total. The summed E-state index contributed by atoms with van der Waals surface area (Å²) in [6, 6.07) is 8.31. The van der Waals surface area contributed by atoms with Crippen molar-refractivity contribution in [2.24, 2.45) is 0 Å². The molecule has 0 bridgehead atoms. The number of aryl methyl sites for hydroxylation is 1. The normalized spacial score (nSPS) is 11.1. The Morgan fingerprint density at radius 2 is 2.00 bits per heavy atom. The number of thiophene rings is 1. The van der Waals surface area contributed by atoms with Gasteiger partial charge in [0, 0.05) is 27.1 Å². The van der Waals surface area contributed by atoms with Gasteiger partial charge < -0.3 is 0 Å². The van der Waals surface area contributed by atoms with E-state index in [1.54, 1.807) is 36.3 Å². The molecule has 0 saturated carbocycles. The van der Waals surface area contributed by atoms with Crippen LogP contribution in [0.3, 0.4) is 0 Å². The fraction of sp³-hybridized carbons (Fsp3) is 0.235. The van der Waals surface area contributed by atoms with Crippen LogP contribution >= 0.6 is 39.0 Å². The standard InChI is InChI=1S/C17H15BrN2OS2/c1-10(21)7-8-22-16-15-14(12-3-5-13(18)6-4-12)11(2)23-17(15)20-9-19-16/h3-6,9H,7-8H2,1-2H3. The van der Waals surface area contributed by atoms with Gasteiger partial charge in [0.1, 0.15) is 22.0 Å². The minimum Gasteiger partial charge on any atom is -0.300 e. The third-order valence-corrected chi connectivity index (χ3v) is 5.99. The second kappa shape index (κ2) is 7.11. The van der Waals surface area contributed by atoms with Gasteiger partial charge in [0.2, 0.25) is 0 Å². The van der Waals surface area contributed by atoms with Crippen LogP contribution in [0.5, 0.6) is 0 Å². The molecule has 0 unspecified atom stereocenters. The Morgan fingerprint density at radius 1 is 1.26 bits per heavy atom. The molecule has 0 saturated heterocycles. The van der Waals surface area contributed by atoms with Gasteiger partial charge in [-0.2, -0.15) is 0 Å². The third-order valence-electron chi connectivity index (χ3n) is 3.46. The summed E-state index contributed by atoms with van der Waals surface area (Å²) in [6.07, 6.45) is 2.17. The SMILES string of the molecule is CC(=O)CCSc1ncnc2sc(C)c(-c3ccc(Br)cc3)c12. The fourth-order valence-corrected chi connectivity index (χ4v) is 4.77. The van der Waals surface area contributed by atoms with E-state index in [4.69, 9.17) is 0 Å². The number of ketones is 1. The Balaban J connectivity index is 2.08. The Labute approximate surface area is 151 Å². The van der Waals surface area contributed by atoms with E-state index in [1.807, 2.05) is 12.1 Å². The van der Waals surface area contributed by atoms with Gasteiger partial charge in [-0.1, -0.05) is 28.1 Å². The van der Waals surface area contributed by atoms with Crippen LogP contribution in [-0.2, 0) is 4.79 Å². The third kappa shape index (κ3) is 3.65. The maximum Gasteiger partial charge on any atom is 0.130 e. The number of nitrogens with zero attached hydrogens (tertiary/aromatic N) is 2. The van der Waals surface area contributed by atoms with E-state index < -0.39 is 0 Å². The Morgan fingerprint density at radius 3 is 2.70 bits per heavy atom. The summed E-state index contributed by atoms with van der Waals surface area (Å²) in [5.74, 6) is 0.952. The average molecular weight is 407 g/mol. The lowest BCUT2D eigenvalue weighted by Crippen LogP contribution is -1.93. The number of aromatic nitrogens is 2. The van der Waals surface area contributed by atoms with Crippen molar-refractivity contribution in [3.8, 4) is 11.1 Å². The molecule has 1 aromatic carbocycles. The van der Waals surface area contributed by atoms with Gasteiger partial charge >= 0.3 is 0 Å². The van der Waals surface area contributed by atoms with Gasteiger partial charge in [0.25, 0.3) is 0 Å². The smallest absolute Gasteiger partial charge is 0.130 e. The second-order valence-electron chi connectivity index (χ2n) is 5.20. The van der Waals surface area contributed by atoms with E-state index in [9.17, 15) is 4.79 Å². The highest BCUT2D eigenvalue weighted by Crippen LogP contribution is 2.41. The van der Waals surface area contributed by atoms with Crippen molar-refractivity contribution in [1.29, 1.82) is 0 Å². The quantitative estimate of drug-likeness (QED) is 0.414. The average Bonchev–Trinajstić information content (AvgIpc) is 2.85. The molecular weight excluding hydrogens is 392 g/mol. The number of benzene rings is 1. The lowest BCUT2D eigenvalue weighted by Gasteiger charge is -2.06. The topological polar surface area (TPSA) is 42.9 Å². The van der Waals surface area contributed by atoms with Gasteiger partial charge in [-0.3, -0.25) is 4.79 Å². The van der Waals surface area contributed by atoms with E-state index in [1.165, 1.54) is 16.0 Å². The molecule has 0 spiro atoms. The Kier molecular flexibility index (Phi) is 5.14. The zero-order chi connectivity index (χ0) is 16.4. The van der Waals surface area contributed by atoms with Crippen LogP contribution in [0.4, 0.5) is 0 Å². The molecule has 0 aliphatic rings. The van der Waals surface area contributed by atoms with Gasteiger partial charge in [-0.05, 0) is 31.5 Å². The highest BCUT2D eigenvalue weighted by atomic mass is 79.9. The molecule has 3 nitrogen and oxygen atoms in total. The minimum absolute atomic E-state index is 0.206. The second-order valence-corrected chi connectivity index (χ2v) is 8.40. The summed E-state index contributed by atoms with van der Waals surface area (Å²) in [7, 11) is 0. The lowest BCUT2D eigenvalue weighted by molar-refractivity contribution is -0.116. The number of carbonyl (C=O) groups excluding carboxylic acids is 1. The van der Waals surface area contributed by atoms with Crippen molar-refractivity contribution >= 4 is 55.0 Å². The van der Waals surface area contributed by atoms with Gasteiger partial charge in [-0.25, -0.2) is 9.97 Å². The summed E-state index contributed by atoms with van der Waals surface area (Å²) in [5.41, 5.74) is 2.36. The van der Waals surface area contributed by atoms with Crippen molar-refractivity contribution in [3.63, 3.8) is 0 Å². The number of rotatable bonds is 5. The fourth-order valence-electron chi connectivity index (χ4n) is 2.38. The van der Waals surface area contributed by atoms with E-state index in [-0.39, 0.29) is 5.78 Å². The molecule has 3 rings (SSSR count). The predicted molar refractivity (Wildman–Crippen MR) is 101 cm³/mol. The number of carbonyl (C=O) groups is 1. The molecule has 0 aliphatic heterocycles. The van der Waals surface area contributed by atoms with E-state index in [0.29, 0.717) is 6.42 Å². The summed E-state index contributed by atoms with van der Waals surface area (Å²) < 4.78 is 1.06. The first kappa shape index (κ1) is 16.6. The number of thioether (sulfide) groups is 1. The van der Waals surface area contributed by atoms with Crippen LogP contribution in [-0.4, -0.2) is 21.5 Å². The molecule has 0 radical (unpaired) electrons. The molecule has 2 heterocycles. The van der Waals surface area contributed by atoms with Crippen LogP contribution < -0.4 is 0 Å². The van der Waals surface area contributed by atoms with Crippen LogP contribution in [0.1, 0.15) is 18.2 Å². The number of halogens is 1. The number of Topliss-reactive ketones (excluding diaryl/α,β-unsaturated/α-hetero) is 1. The maximum absolute atomic E-state index is 11.2. The Bertz CT molecular complexity index is 859. The molecule has 0 fully saturated rings. The van der Waals surface area contributed by atoms with E-state index >= 15 is 0 Å². The van der Waals surface area contributed by atoms with Crippen molar-refractivity contribution in [2.75, 3.05) is 5.75 Å². The van der Waals surface area contributed by atoms with Crippen LogP contribution in [0.2, 0.25) is 0 Å². The van der Waals surface area contributed by atoms with Crippen LogP contribution in [0.25, 0.3) is 21.3 Å². The first-order valence-electron chi connectivity index (χ1n) is 7.18. The summed E-state index contributed by atoms with van der Waals surface area (Å²) in [4.78, 5) is 22.3. The molecular formula is C17H15BrN2OS2. The van der Waals surface area contributed by atoms with E-state index in [0.717, 1.165) is 25.5 Å². The van der Waals surface area contributed by atoms with Gasteiger partial charge in [-0.15, -0.1) is 23.1 Å². The van der Waals surface area contributed by atoms with Crippen LogP contribution in [0, 0.1) is 6.92 Å². The molecule has 118 valence electrons. The van der Waals surface area contributed by atoms with Crippen molar-refractivity contribution in [3.05, 3.63) is 39.9 Å². The highest BCUT2D eigenvalue weighted by molar-refractivity contribution is 9.10. The number of fused-ring (bicyclic) bond motifs is 1. The summed E-state index contributed by atoms with van der Waals surface area (Å²) in [5, 5.41) is 2.06. The Hall–Kier alpha value is -1.24. The molecule has 0 aliphatic carbocycles. The molecule has 3 aromatic rings. The van der Waals surface area contributed by atoms with Crippen molar-refractivity contribution in [2.45, 2.75) is 25.3 Å². The van der Waals surface area contributed by atoms with E-state index in [2.05, 4.69) is 45.0 Å². The lowest BCUT2D eigenvalue weighted by atomic mass is 10.0. The minimum atomic E-state index is 0.206. The van der Waals surface area contributed by atoms with Crippen molar-refractivity contribution < 1.29 is 4.79 Å². The highest BCUT2D eigenvalue weighted by Gasteiger charge is 2.17. The molecule has 0 atom stereocenters. The van der Waals surface area contributed by atoms with Gasteiger partial charge in [0.05, 0.1) is 5.39 Å². The van der Waals surface area contributed by atoms with Crippen molar-refractivity contribution in [1.82, 2.24) is 9.97 Å². The molecule has 23 heavy (non-hydrogen) atoms. The molecule has 2 aromatic heterocycles.